The molecule has 0 bridgehead atoms. The summed E-state index contributed by atoms with van der Waals surface area (Å²) in [5.74, 6) is 1.56. The van der Waals surface area contributed by atoms with E-state index in [0.29, 0.717) is 11.2 Å². The van der Waals surface area contributed by atoms with Crippen molar-refractivity contribution in [1.82, 2.24) is 4.90 Å². The molecular weight excluding hydrogens is 234 g/mol. The molecule has 0 aromatic rings. The summed E-state index contributed by atoms with van der Waals surface area (Å²) in [4.78, 5) is 14.6. The number of ketones is 1. The Morgan fingerprint density at radius 1 is 1.26 bits per heavy atom. The van der Waals surface area contributed by atoms with E-state index < -0.39 is 0 Å². The Hall–Kier alpha value is -0.370. The van der Waals surface area contributed by atoms with Gasteiger partial charge in [0.1, 0.15) is 5.78 Å². The number of Topliss-reactive ketones (excluding diaryl/α,β-unsaturated/α-hetero) is 1. The first-order valence-corrected chi connectivity index (χ1v) is 8.16. The lowest BCUT2D eigenvalue weighted by Crippen LogP contribution is -2.40. The van der Waals surface area contributed by atoms with Crippen LogP contribution in [0, 0.1) is 17.3 Å². The molecule has 0 amide bonds. The molecule has 112 valence electrons. The van der Waals surface area contributed by atoms with Crippen LogP contribution in [-0.2, 0) is 4.79 Å². The molecule has 2 nitrogen and oxygen atoms in total. The third-order valence-corrected chi connectivity index (χ3v) is 4.90. The molecule has 0 aromatic heterocycles. The van der Waals surface area contributed by atoms with Crippen molar-refractivity contribution < 1.29 is 4.79 Å². The van der Waals surface area contributed by atoms with Crippen LogP contribution in [0.4, 0.5) is 0 Å². The average molecular weight is 267 g/mol. The standard InChI is InChI=1S/C17H33NO/c1-6-14(7-2)12-18(8-3)13-15-11-17(4,5)10-9-16(15)19/h14-15H,6-13H2,1-5H3. The fourth-order valence-corrected chi connectivity index (χ4v) is 3.27. The zero-order chi connectivity index (χ0) is 14.5. The van der Waals surface area contributed by atoms with E-state index in [2.05, 4.69) is 39.5 Å². The largest absolute Gasteiger partial charge is 0.303 e. The normalized spacial score (nSPS) is 23.3. The van der Waals surface area contributed by atoms with E-state index in [-0.39, 0.29) is 5.92 Å². The van der Waals surface area contributed by atoms with Crippen LogP contribution in [0.15, 0.2) is 0 Å². The molecule has 19 heavy (non-hydrogen) atoms. The molecule has 0 saturated heterocycles. The van der Waals surface area contributed by atoms with Crippen molar-refractivity contribution in [3.63, 3.8) is 0 Å². The summed E-state index contributed by atoms with van der Waals surface area (Å²) in [6.07, 6.45) is 5.43. The number of carbonyl (C=O) groups excluding carboxylic acids is 1. The van der Waals surface area contributed by atoms with Crippen LogP contribution in [0.1, 0.15) is 66.7 Å². The lowest BCUT2D eigenvalue weighted by molar-refractivity contribution is -0.127. The van der Waals surface area contributed by atoms with E-state index in [1.807, 2.05) is 0 Å². The minimum absolute atomic E-state index is 0.276. The minimum Gasteiger partial charge on any atom is -0.303 e. The number of carbonyl (C=O) groups is 1. The summed E-state index contributed by atoms with van der Waals surface area (Å²) in [5, 5.41) is 0. The fraction of sp³-hybridized carbons (Fsp3) is 0.941. The Morgan fingerprint density at radius 3 is 2.42 bits per heavy atom. The van der Waals surface area contributed by atoms with Crippen LogP contribution in [0.2, 0.25) is 0 Å². The second-order valence-electron chi connectivity index (χ2n) is 7.07. The number of hydrogen-bond donors (Lipinski definition) is 0. The lowest BCUT2D eigenvalue weighted by atomic mass is 9.71. The molecule has 1 saturated carbocycles. The van der Waals surface area contributed by atoms with Gasteiger partial charge in [-0.2, -0.15) is 0 Å². The van der Waals surface area contributed by atoms with Gasteiger partial charge in [0.05, 0.1) is 0 Å². The minimum atomic E-state index is 0.276. The predicted octanol–water partition coefficient (Wildman–Crippen LogP) is 4.14. The molecule has 1 rings (SSSR count). The first-order chi connectivity index (χ1) is 8.91. The SMILES string of the molecule is CCC(CC)CN(CC)CC1CC(C)(C)CCC1=O. The third-order valence-electron chi connectivity index (χ3n) is 4.90. The van der Waals surface area contributed by atoms with E-state index in [1.54, 1.807) is 0 Å². The van der Waals surface area contributed by atoms with Gasteiger partial charge in [0.15, 0.2) is 0 Å². The summed E-state index contributed by atoms with van der Waals surface area (Å²) in [6.45, 7) is 14.6. The van der Waals surface area contributed by atoms with Crippen LogP contribution < -0.4 is 0 Å². The van der Waals surface area contributed by atoms with Gasteiger partial charge in [0, 0.05) is 25.4 Å². The highest BCUT2D eigenvalue weighted by Gasteiger charge is 2.34. The van der Waals surface area contributed by atoms with E-state index in [0.717, 1.165) is 44.8 Å². The summed E-state index contributed by atoms with van der Waals surface area (Å²) in [5.41, 5.74) is 0.354. The van der Waals surface area contributed by atoms with Gasteiger partial charge >= 0.3 is 0 Å². The molecule has 0 spiro atoms. The average Bonchev–Trinajstić information content (AvgIpc) is 2.38. The van der Waals surface area contributed by atoms with Crippen LogP contribution in [0.5, 0.6) is 0 Å². The van der Waals surface area contributed by atoms with Gasteiger partial charge in [0.2, 0.25) is 0 Å². The molecule has 1 aliphatic rings. The zero-order valence-electron chi connectivity index (χ0n) is 13.7. The Balaban J connectivity index is 2.56. The highest BCUT2D eigenvalue weighted by atomic mass is 16.1. The Morgan fingerprint density at radius 2 is 1.89 bits per heavy atom. The maximum absolute atomic E-state index is 12.1. The topological polar surface area (TPSA) is 20.3 Å². The molecule has 1 aliphatic carbocycles. The third kappa shape index (κ3) is 5.25. The van der Waals surface area contributed by atoms with Crippen LogP contribution in [0.3, 0.4) is 0 Å². The quantitative estimate of drug-likeness (QED) is 0.691. The molecule has 0 aliphatic heterocycles. The lowest BCUT2D eigenvalue weighted by Gasteiger charge is -2.37. The van der Waals surface area contributed by atoms with Crippen molar-refractivity contribution in [1.29, 1.82) is 0 Å². The van der Waals surface area contributed by atoms with Crippen LogP contribution >= 0.6 is 0 Å². The van der Waals surface area contributed by atoms with Crippen LogP contribution in [0.25, 0.3) is 0 Å². The van der Waals surface area contributed by atoms with E-state index >= 15 is 0 Å². The molecule has 2 heteroatoms. The van der Waals surface area contributed by atoms with Gasteiger partial charge in [0.25, 0.3) is 0 Å². The second kappa shape index (κ2) is 7.42. The molecule has 1 atom stereocenters. The summed E-state index contributed by atoms with van der Waals surface area (Å²) >= 11 is 0. The molecule has 0 radical (unpaired) electrons. The van der Waals surface area contributed by atoms with Crippen molar-refractivity contribution >= 4 is 5.78 Å². The highest BCUT2D eigenvalue weighted by molar-refractivity contribution is 5.82. The predicted molar refractivity (Wildman–Crippen MR) is 82.3 cm³/mol. The van der Waals surface area contributed by atoms with Crippen LogP contribution in [-0.4, -0.2) is 30.3 Å². The Kier molecular flexibility index (Phi) is 6.52. The van der Waals surface area contributed by atoms with Crippen molar-refractivity contribution in [2.45, 2.75) is 66.7 Å². The van der Waals surface area contributed by atoms with E-state index in [9.17, 15) is 4.79 Å². The number of nitrogens with zero attached hydrogens (tertiary/aromatic N) is 1. The van der Waals surface area contributed by atoms with E-state index in [4.69, 9.17) is 0 Å². The highest BCUT2D eigenvalue weighted by Crippen LogP contribution is 2.37. The maximum atomic E-state index is 12.1. The van der Waals surface area contributed by atoms with Gasteiger partial charge in [-0.1, -0.05) is 47.5 Å². The Bertz CT molecular complexity index is 281. The molecule has 0 N–H and O–H groups in total. The summed E-state index contributed by atoms with van der Waals surface area (Å²) < 4.78 is 0. The second-order valence-corrected chi connectivity index (χ2v) is 7.07. The van der Waals surface area contributed by atoms with Gasteiger partial charge in [-0.3, -0.25) is 4.79 Å². The van der Waals surface area contributed by atoms with Gasteiger partial charge in [-0.05, 0) is 30.7 Å². The maximum Gasteiger partial charge on any atom is 0.137 e. The fourth-order valence-electron chi connectivity index (χ4n) is 3.27. The monoisotopic (exact) mass is 267 g/mol. The molecule has 1 fully saturated rings. The van der Waals surface area contributed by atoms with Gasteiger partial charge < -0.3 is 4.90 Å². The first-order valence-electron chi connectivity index (χ1n) is 8.16. The molecule has 0 heterocycles. The molecule has 1 unspecified atom stereocenters. The smallest absolute Gasteiger partial charge is 0.137 e. The van der Waals surface area contributed by atoms with Crippen molar-refractivity contribution in [2.24, 2.45) is 17.3 Å². The number of rotatable bonds is 7. The molecular formula is C17H33NO. The van der Waals surface area contributed by atoms with Gasteiger partial charge in [-0.15, -0.1) is 0 Å². The van der Waals surface area contributed by atoms with Crippen molar-refractivity contribution in [3.8, 4) is 0 Å². The van der Waals surface area contributed by atoms with Crippen molar-refractivity contribution in [3.05, 3.63) is 0 Å². The number of hydrogen-bond acceptors (Lipinski definition) is 2. The summed E-state index contributed by atoms with van der Waals surface area (Å²) in [7, 11) is 0. The molecule has 0 aromatic carbocycles. The zero-order valence-corrected chi connectivity index (χ0v) is 13.7. The van der Waals surface area contributed by atoms with Gasteiger partial charge in [-0.25, -0.2) is 0 Å². The first kappa shape index (κ1) is 16.7. The Labute approximate surface area is 119 Å². The van der Waals surface area contributed by atoms with E-state index in [1.165, 1.54) is 12.8 Å². The van der Waals surface area contributed by atoms with Crippen molar-refractivity contribution in [2.75, 3.05) is 19.6 Å². The summed E-state index contributed by atoms with van der Waals surface area (Å²) in [6, 6.07) is 0.